The zero-order chi connectivity index (χ0) is 30.6. The summed E-state index contributed by atoms with van der Waals surface area (Å²) < 4.78 is 0. The number of carbonyl (C=O) groups is 4. The minimum absolute atomic E-state index is 0.0333. The Hall–Kier alpha value is -3.96. The van der Waals surface area contributed by atoms with E-state index in [1.54, 1.807) is 12.1 Å². The second-order valence-electron chi connectivity index (χ2n) is 11.3. The average Bonchev–Trinajstić information content (AvgIpc) is 2.96. The van der Waals surface area contributed by atoms with E-state index in [9.17, 15) is 24.3 Å². The Morgan fingerprint density at radius 3 is 2.29 bits per heavy atom. The second-order valence-corrected chi connectivity index (χ2v) is 11.3. The molecule has 7 N–H and O–H groups in total. The quantitative estimate of drug-likeness (QED) is 0.200. The SMILES string of the molecule is CC(C)CC1CNCCN1C(=O)[C@H](Cc1ccccc1)NC(=O)CNC(=O)[C@@H](C)NC(=O)[C@@H](N)Cc1ccc(O)cc1. The molecule has 2 aromatic rings. The van der Waals surface area contributed by atoms with Crippen molar-refractivity contribution in [2.45, 2.75) is 64.2 Å². The van der Waals surface area contributed by atoms with Crippen LogP contribution < -0.4 is 27.0 Å². The number of phenolic OH excluding ortho intramolecular Hbond substituents is 1. The molecule has 1 aliphatic heterocycles. The van der Waals surface area contributed by atoms with E-state index in [2.05, 4.69) is 35.1 Å². The van der Waals surface area contributed by atoms with Gasteiger partial charge in [-0.3, -0.25) is 19.2 Å². The number of hydrogen-bond acceptors (Lipinski definition) is 7. The standard InChI is InChI=1S/C31H44N6O5/c1-20(2)15-24-18-33-13-14-37(24)31(42)27(17-22-7-5-4-6-8-22)36-28(39)19-34-29(40)21(3)35-30(41)26(32)16-23-9-11-25(38)12-10-23/h4-12,20-21,24,26-27,33,38H,13-19,32H2,1-3H3,(H,34,40)(H,35,41)(H,36,39)/t21-,24?,26+,27+/m1/s1. The summed E-state index contributed by atoms with van der Waals surface area (Å²) in [7, 11) is 0. The van der Waals surface area contributed by atoms with Crippen molar-refractivity contribution < 1.29 is 24.3 Å². The molecule has 3 rings (SSSR count). The van der Waals surface area contributed by atoms with Gasteiger partial charge in [0.05, 0.1) is 12.6 Å². The van der Waals surface area contributed by atoms with Crippen LogP contribution in [-0.2, 0) is 32.0 Å². The molecule has 11 heteroatoms. The smallest absolute Gasteiger partial charge is 0.245 e. The number of rotatable bonds is 13. The molecule has 4 atom stereocenters. The van der Waals surface area contributed by atoms with E-state index in [0.717, 1.165) is 17.5 Å². The lowest BCUT2D eigenvalue weighted by molar-refractivity contribution is -0.139. The minimum Gasteiger partial charge on any atom is -0.508 e. The Bertz CT molecular complexity index is 1190. The molecule has 0 radical (unpaired) electrons. The van der Waals surface area contributed by atoms with Gasteiger partial charge in [0.25, 0.3) is 0 Å². The maximum absolute atomic E-state index is 13.7. The fraction of sp³-hybridized carbons (Fsp3) is 0.484. The Morgan fingerprint density at radius 1 is 0.952 bits per heavy atom. The molecule has 4 amide bonds. The predicted octanol–water partition coefficient (Wildman–Crippen LogP) is 0.457. The summed E-state index contributed by atoms with van der Waals surface area (Å²) in [6.07, 6.45) is 1.40. The van der Waals surface area contributed by atoms with E-state index in [0.29, 0.717) is 32.0 Å². The van der Waals surface area contributed by atoms with Crippen molar-refractivity contribution in [3.8, 4) is 5.75 Å². The zero-order valence-corrected chi connectivity index (χ0v) is 24.6. The van der Waals surface area contributed by atoms with Crippen LogP contribution in [0, 0.1) is 5.92 Å². The van der Waals surface area contributed by atoms with Gasteiger partial charge < -0.3 is 37.0 Å². The molecule has 1 aliphatic rings. The van der Waals surface area contributed by atoms with Gasteiger partial charge in [0.1, 0.15) is 17.8 Å². The molecule has 1 fully saturated rings. The van der Waals surface area contributed by atoms with Crippen LogP contribution in [0.15, 0.2) is 54.6 Å². The van der Waals surface area contributed by atoms with Crippen LogP contribution in [0.2, 0.25) is 0 Å². The Balaban J connectivity index is 1.56. The minimum atomic E-state index is -0.935. The number of benzene rings is 2. The highest BCUT2D eigenvalue weighted by molar-refractivity contribution is 5.93. The number of amides is 4. The van der Waals surface area contributed by atoms with Gasteiger partial charge in [0, 0.05) is 32.1 Å². The maximum atomic E-state index is 13.7. The van der Waals surface area contributed by atoms with Crippen molar-refractivity contribution >= 4 is 23.6 Å². The number of hydrogen-bond donors (Lipinski definition) is 6. The molecule has 1 heterocycles. The lowest BCUT2D eigenvalue weighted by atomic mass is 9.98. The molecule has 1 saturated heterocycles. The maximum Gasteiger partial charge on any atom is 0.245 e. The summed E-state index contributed by atoms with van der Waals surface area (Å²) in [5.74, 6) is -1.20. The molecule has 1 unspecified atom stereocenters. The van der Waals surface area contributed by atoms with Gasteiger partial charge in [0.15, 0.2) is 0 Å². The van der Waals surface area contributed by atoms with Crippen molar-refractivity contribution in [1.82, 2.24) is 26.2 Å². The highest BCUT2D eigenvalue weighted by Crippen LogP contribution is 2.16. The first-order valence-electron chi connectivity index (χ1n) is 14.5. The highest BCUT2D eigenvalue weighted by Gasteiger charge is 2.33. The Morgan fingerprint density at radius 2 is 1.62 bits per heavy atom. The molecule has 42 heavy (non-hydrogen) atoms. The zero-order valence-electron chi connectivity index (χ0n) is 24.6. The molecular weight excluding hydrogens is 536 g/mol. The number of nitrogens with one attached hydrogen (secondary N) is 4. The molecule has 0 spiro atoms. The molecule has 0 aliphatic carbocycles. The van der Waals surface area contributed by atoms with Crippen molar-refractivity contribution in [3.05, 3.63) is 65.7 Å². The summed E-state index contributed by atoms with van der Waals surface area (Å²) in [6.45, 7) is 7.33. The first-order chi connectivity index (χ1) is 20.0. The Labute approximate surface area is 247 Å². The fourth-order valence-electron chi connectivity index (χ4n) is 4.99. The van der Waals surface area contributed by atoms with Gasteiger partial charge in [-0.25, -0.2) is 0 Å². The van der Waals surface area contributed by atoms with E-state index in [1.165, 1.54) is 19.1 Å². The van der Waals surface area contributed by atoms with Crippen LogP contribution in [-0.4, -0.2) is 84.0 Å². The van der Waals surface area contributed by atoms with E-state index < -0.39 is 35.8 Å². The van der Waals surface area contributed by atoms with Gasteiger partial charge in [-0.1, -0.05) is 56.3 Å². The first kappa shape index (κ1) is 32.6. The third kappa shape index (κ3) is 10.1. The largest absolute Gasteiger partial charge is 0.508 e. The molecule has 11 nitrogen and oxygen atoms in total. The van der Waals surface area contributed by atoms with Crippen molar-refractivity contribution in [2.75, 3.05) is 26.2 Å². The molecule has 228 valence electrons. The van der Waals surface area contributed by atoms with Gasteiger partial charge in [0.2, 0.25) is 23.6 Å². The first-order valence-corrected chi connectivity index (χ1v) is 14.5. The normalized spacial score (nSPS) is 17.2. The summed E-state index contributed by atoms with van der Waals surface area (Å²) in [6, 6.07) is 13.2. The Kier molecular flexibility index (Phi) is 12.3. The second kappa shape index (κ2) is 15.9. The summed E-state index contributed by atoms with van der Waals surface area (Å²) in [4.78, 5) is 53.7. The monoisotopic (exact) mass is 580 g/mol. The van der Waals surface area contributed by atoms with Crippen LogP contribution >= 0.6 is 0 Å². The van der Waals surface area contributed by atoms with E-state index in [-0.39, 0.29) is 30.7 Å². The van der Waals surface area contributed by atoms with Crippen molar-refractivity contribution in [3.63, 3.8) is 0 Å². The molecular formula is C31H44N6O5. The summed E-state index contributed by atoms with van der Waals surface area (Å²) in [5, 5.41) is 20.7. The number of carbonyl (C=O) groups excluding carboxylic acids is 4. The van der Waals surface area contributed by atoms with Gasteiger partial charge >= 0.3 is 0 Å². The number of aromatic hydroxyl groups is 1. The van der Waals surface area contributed by atoms with Crippen LogP contribution in [0.5, 0.6) is 5.75 Å². The third-order valence-electron chi connectivity index (χ3n) is 7.20. The van der Waals surface area contributed by atoms with Crippen LogP contribution in [0.25, 0.3) is 0 Å². The van der Waals surface area contributed by atoms with Gasteiger partial charge in [-0.2, -0.15) is 0 Å². The van der Waals surface area contributed by atoms with Gasteiger partial charge in [-0.15, -0.1) is 0 Å². The topological polar surface area (TPSA) is 166 Å². The number of piperazine rings is 1. The highest BCUT2D eigenvalue weighted by atomic mass is 16.3. The van der Waals surface area contributed by atoms with Crippen LogP contribution in [0.3, 0.4) is 0 Å². The van der Waals surface area contributed by atoms with Crippen LogP contribution in [0.4, 0.5) is 0 Å². The molecule has 0 bridgehead atoms. The van der Waals surface area contributed by atoms with E-state index in [4.69, 9.17) is 5.73 Å². The lowest BCUT2D eigenvalue weighted by Gasteiger charge is -2.39. The predicted molar refractivity (Wildman–Crippen MR) is 160 cm³/mol. The number of nitrogens with two attached hydrogens (primary N) is 1. The number of nitrogens with zero attached hydrogens (tertiary/aromatic N) is 1. The van der Waals surface area contributed by atoms with Crippen molar-refractivity contribution in [2.24, 2.45) is 11.7 Å². The molecule has 0 aromatic heterocycles. The summed E-state index contributed by atoms with van der Waals surface area (Å²) in [5.41, 5.74) is 7.67. The lowest BCUT2D eigenvalue weighted by Crippen LogP contribution is -2.60. The average molecular weight is 581 g/mol. The van der Waals surface area contributed by atoms with Gasteiger partial charge in [-0.05, 0) is 48.9 Å². The number of phenols is 1. The third-order valence-corrected chi connectivity index (χ3v) is 7.20. The molecule has 2 aromatic carbocycles. The molecule has 0 saturated carbocycles. The van der Waals surface area contributed by atoms with E-state index in [1.807, 2.05) is 35.2 Å². The van der Waals surface area contributed by atoms with Crippen LogP contribution in [0.1, 0.15) is 38.3 Å². The van der Waals surface area contributed by atoms with Crippen molar-refractivity contribution in [1.29, 1.82) is 0 Å². The fourth-order valence-corrected chi connectivity index (χ4v) is 4.99. The van der Waals surface area contributed by atoms with E-state index >= 15 is 0 Å². The summed E-state index contributed by atoms with van der Waals surface area (Å²) >= 11 is 0.